The molecule has 1 unspecified atom stereocenters. The van der Waals surface area contributed by atoms with Crippen molar-refractivity contribution in [2.75, 3.05) is 13.2 Å². The monoisotopic (exact) mass is 178 g/mol. The number of carbonyl (C=O) groups excluding carboxylic acids is 1. The van der Waals surface area contributed by atoms with Crippen LogP contribution in [-0.2, 0) is 4.79 Å². The van der Waals surface area contributed by atoms with Crippen LogP contribution in [0.2, 0.25) is 0 Å². The van der Waals surface area contributed by atoms with Gasteiger partial charge in [0.25, 0.3) is 0 Å². The van der Waals surface area contributed by atoms with E-state index in [-0.39, 0.29) is 0 Å². The van der Waals surface area contributed by atoms with E-state index in [1.165, 1.54) is 0 Å². The summed E-state index contributed by atoms with van der Waals surface area (Å²) >= 11 is 0. The summed E-state index contributed by atoms with van der Waals surface area (Å²) in [6, 6.07) is 0. The Balaban J connectivity index is 4.56. The number of rotatable bonds is 4. The van der Waals surface area contributed by atoms with Crippen molar-refractivity contribution in [1.29, 1.82) is 0 Å². The van der Waals surface area contributed by atoms with Crippen molar-refractivity contribution in [3.05, 3.63) is 11.5 Å². The number of hydrogen-bond donors (Lipinski definition) is 5. The van der Waals surface area contributed by atoms with E-state index >= 15 is 0 Å². The van der Waals surface area contributed by atoms with Gasteiger partial charge >= 0.3 is 0 Å². The first-order valence-electron chi connectivity index (χ1n) is 3.09. The molecule has 0 saturated heterocycles. The molecule has 0 aliphatic carbocycles. The Labute approximate surface area is 68.0 Å². The predicted octanol–water partition coefficient (Wildman–Crippen LogP) is -1.77. The van der Waals surface area contributed by atoms with Crippen molar-refractivity contribution < 1.29 is 30.3 Å². The summed E-state index contributed by atoms with van der Waals surface area (Å²) in [6.07, 6.45) is -1.71. The minimum Gasteiger partial charge on any atom is -0.506 e. The molecule has 1 atom stereocenters. The molecule has 70 valence electrons. The predicted molar refractivity (Wildman–Crippen MR) is 37.5 cm³/mol. The van der Waals surface area contributed by atoms with Crippen molar-refractivity contribution in [3.8, 4) is 0 Å². The summed E-state index contributed by atoms with van der Waals surface area (Å²) in [5.74, 6) is -3.31. The highest BCUT2D eigenvalue weighted by atomic mass is 16.4. The Hall–Kier alpha value is -1.11. The molecule has 0 heterocycles. The molecule has 0 saturated carbocycles. The molecule has 0 spiro atoms. The molecule has 0 amide bonds. The minimum absolute atomic E-state index is 0.825. The summed E-state index contributed by atoms with van der Waals surface area (Å²) in [7, 11) is 0. The van der Waals surface area contributed by atoms with Crippen LogP contribution in [0.3, 0.4) is 0 Å². The maximum absolute atomic E-state index is 10.5. The van der Waals surface area contributed by atoms with E-state index in [1.54, 1.807) is 0 Å². The van der Waals surface area contributed by atoms with Crippen molar-refractivity contribution in [2.24, 2.45) is 0 Å². The summed E-state index contributed by atoms with van der Waals surface area (Å²) in [5.41, 5.74) is 0. The van der Waals surface area contributed by atoms with Gasteiger partial charge in [-0.05, 0) is 0 Å². The lowest BCUT2D eigenvalue weighted by Crippen LogP contribution is -2.20. The highest BCUT2D eigenvalue weighted by molar-refractivity contribution is 5.94. The van der Waals surface area contributed by atoms with Crippen LogP contribution in [0.15, 0.2) is 11.5 Å². The van der Waals surface area contributed by atoms with Gasteiger partial charge in [-0.25, -0.2) is 0 Å². The lowest BCUT2D eigenvalue weighted by Gasteiger charge is -2.06. The molecule has 6 nitrogen and oxygen atoms in total. The molecule has 0 aromatic heterocycles. The van der Waals surface area contributed by atoms with Crippen LogP contribution < -0.4 is 0 Å². The number of ketones is 1. The van der Waals surface area contributed by atoms with E-state index in [2.05, 4.69) is 0 Å². The fourth-order valence-electron chi connectivity index (χ4n) is 0.462. The van der Waals surface area contributed by atoms with Crippen molar-refractivity contribution in [1.82, 2.24) is 0 Å². The first-order chi connectivity index (χ1) is 5.54. The van der Waals surface area contributed by atoms with E-state index in [9.17, 15) is 4.79 Å². The summed E-state index contributed by atoms with van der Waals surface area (Å²) in [6.45, 7) is -1.80. The highest BCUT2D eigenvalue weighted by Gasteiger charge is 2.18. The van der Waals surface area contributed by atoms with Gasteiger partial charge in [-0.15, -0.1) is 0 Å². The third-order valence-electron chi connectivity index (χ3n) is 1.14. The lowest BCUT2D eigenvalue weighted by molar-refractivity contribution is -0.121. The van der Waals surface area contributed by atoms with Gasteiger partial charge in [0.15, 0.2) is 5.76 Å². The van der Waals surface area contributed by atoms with Crippen LogP contribution in [-0.4, -0.2) is 50.6 Å². The van der Waals surface area contributed by atoms with E-state index in [4.69, 9.17) is 25.5 Å². The standard InChI is InChI=1S/C6H10O6/c7-1-3(9)5(11)6(12)4(10)2-8/h3,7-9,11-12H,1-2H2/b6-5+. The highest BCUT2D eigenvalue weighted by Crippen LogP contribution is 2.03. The Morgan fingerprint density at radius 3 is 2.08 bits per heavy atom. The minimum atomic E-state index is -1.71. The van der Waals surface area contributed by atoms with E-state index in [0.29, 0.717) is 0 Å². The van der Waals surface area contributed by atoms with Gasteiger partial charge in [0.1, 0.15) is 12.7 Å². The van der Waals surface area contributed by atoms with Gasteiger partial charge in [0.2, 0.25) is 11.5 Å². The third-order valence-corrected chi connectivity index (χ3v) is 1.14. The van der Waals surface area contributed by atoms with Crippen LogP contribution in [0.4, 0.5) is 0 Å². The molecule has 0 aromatic carbocycles. The molecule has 0 aromatic rings. The Kier molecular flexibility index (Phi) is 4.27. The topological polar surface area (TPSA) is 118 Å². The molecule has 6 heteroatoms. The SMILES string of the molecule is O=C(CO)/C(O)=C(\O)C(O)CO. The average molecular weight is 178 g/mol. The van der Waals surface area contributed by atoms with Crippen LogP contribution in [0.1, 0.15) is 0 Å². The van der Waals surface area contributed by atoms with E-state index in [1.807, 2.05) is 0 Å². The zero-order valence-corrected chi connectivity index (χ0v) is 6.14. The van der Waals surface area contributed by atoms with Crippen LogP contribution in [0.5, 0.6) is 0 Å². The maximum Gasteiger partial charge on any atom is 0.226 e. The number of Topliss-reactive ketones (excluding diaryl/α,β-unsaturated/α-hetero) is 1. The van der Waals surface area contributed by atoms with Crippen LogP contribution in [0, 0.1) is 0 Å². The molecular weight excluding hydrogens is 168 g/mol. The van der Waals surface area contributed by atoms with Crippen molar-refractivity contribution in [3.63, 3.8) is 0 Å². The van der Waals surface area contributed by atoms with Crippen molar-refractivity contribution in [2.45, 2.75) is 6.10 Å². The second-order valence-corrected chi connectivity index (χ2v) is 2.01. The molecule has 0 fully saturated rings. The first kappa shape index (κ1) is 10.9. The van der Waals surface area contributed by atoms with Gasteiger partial charge in [-0.1, -0.05) is 0 Å². The molecule has 12 heavy (non-hydrogen) atoms. The summed E-state index contributed by atoms with van der Waals surface area (Å²) in [4.78, 5) is 10.5. The van der Waals surface area contributed by atoms with E-state index in [0.717, 1.165) is 0 Å². The van der Waals surface area contributed by atoms with E-state index < -0.39 is 36.6 Å². The quantitative estimate of drug-likeness (QED) is 0.257. The molecule has 0 bridgehead atoms. The number of aliphatic hydroxyl groups excluding tert-OH is 5. The zero-order valence-electron chi connectivity index (χ0n) is 6.14. The summed E-state index contributed by atoms with van der Waals surface area (Å²) in [5, 5.41) is 42.7. The molecule has 5 N–H and O–H groups in total. The lowest BCUT2D eigenvalue weighted by atomic mass is 10.2. The number of carbonyl (C=O) groups is 1. The fourth-order valence-corrected chi connectivity index (χ4v) is 0.462. The largest absolute Gasteiger partial charge is 0.506 e. The Bertz CT molecular complexity index is 196. The maximum atomic E-state index is 10.5. The van der Waals surface area contributed by atoms with Crippen LogP contribution >= 0.6 is 0 Å². The van der Waals surface area contributed by atoms with Crippen LogP contribution in [0.25, 0.3) is 0 Å². The van der Waals surface area contributed by atoms with Gasteiger partial charge in [0.05, 0.1) is 6.61 Å². The van der Waals surface area contributed by atoms with Gasteiger partial charge in [-0.3, -0.25) is 4.79 Å². The smallest absolute Gasteiger partial charge is 0.226 e. The zero-order chi connectivity index (χ0) is 9.72. The molecule has 0 radical (unpaired) electrons. The van der Waals surface area contributed by atoms with Crippen molar-refractivity contribution >= 4 is 5.78 Å². The Morgan fingerprint density at radius 2 is 1.75 bits per heavy atom. The molecule has 0 aliphatic heterocycles. The Morgan fingerprint density at radius 1 is 1.25 bits per heavy atom. The molecule has 0 rings (SSSR count). The van der Waals surface area contributed by atoms with Gasteiger partial charge < -0.3 is 25.5 Å². The third kappa shape index (κ3) is 2.50. The molecular formula is C6H10O6. The average Bonchev–Trinajstić information content (AvgIpc) is 2.12. The van der Waals surface area contributed by atoms with Gasteiger partial charge in [-0.2, -0.15) is 0 Å². The van der Waals surface area contributed by atoms with Gasteiger partial charge in [0, 0.05) is 0 Å². The number of aliphatic hydroxyl groups is 5. The summed E-state index contributed by atoms with van der Waals surface area (Å²) < 4.78 is 0. The molecule has 0 aliphatic rings. The second kappa shape index (κ2) is 4.70. The first-order valence-corrected chi connectivity index (χ1v) is 3.09. The number of hydrogen-bond acceptors (Lipinski definition) is 6. The normalized spacial score (nSPS) is 15.2. The fraction of sp³-hybridized carbons (Fsp3) is 0.500. The second-order valence-electron chi connectivity index (χ2n) is 2.01.